The molecule has 1 fully saturated rings. The van der Waals surface area contributed by atoms with E-state index in [-0.39, 0.29) is 5.56 Å². The van der Waals surface area contributed by atoms with Gasteiger partial charge in [-0.3, -0.25) is 14.3 Å². The van der Waals surface area contributed by atoms with Crippen molar-refractivity contribution in [2.24, 2.45) is 0 Å². The van der Waals surface area contributed by atoms with Gasteiger partial charge in [-0.15, -0.1) is 0 Å². The van der Waals surface area contributed by atoms with Gasteiger partial charge in [0.25, 0.3) is 5.56 Å². The lowest BCUT2D eigenvalue weighted by Gasteiger charge is -2.17. The molecule has 4 atom stereocenters. The average molecular weight is 276 g/mol. The van der Waals surface area contributed by atoms with E-state index in [2.05, 4.69) is 4.94 Å². The Kier molecular flexibility index (Phi) is 3.80. The summed E-state index contributed by atoms with van der Waals surface area (Å²) in [5.41, 5.74) is -1.15. The van der Waals surface area contributed by atoms with Crippen molar-refractivity contribution < 1.29 is 24.4 Å². The molecule has 19 heavy (non-hydrogen) atoms. The van der Waals surface area contributed by atoms with Crippen molar-refractivity contribution in [3.63, 3.8) is 0 Å². The van der Waals surface area contributed by atoms with Crippen LogP contribution < -0.4 is 11.2 Å². The van der Waals surface area contributed by atoms with E-state index in [0.717, 1.165) is 4.57 Å². The fraction of sp³-hybridized carbons (Fsp3) is 0.600. The number of aliphatic hydroxyl groups excluding tert-OH is 2. The zero-order chi connectivity index (χ0) is 14.2. The van der Waals surface area contributed by atoms with Crippen LogP contribution in [0.25, 0.3) is 0 Å². The molecule has 0 saturated carbocycles. The summed E-state index contributed by atoms with van der Waals surface area (Å²) in [4.78, 5) is 28.5. The van der Waals surface area contributed by atoms with E-state index >= 15 is 0 Å². The summed E-state index contributed by atoms with van der Waals surface area (Å²) in [6.45, 7) is 0.877. The number of nitrogens with one attached hydrogen (secondary N) is 1. The highest BCUT2D eigenvalue weighted by atomic mass is 19.3. The van der Waals surface area contributed by atoms with Gasteiger partial charge in [0.2, 0.25) is 0 Å². The minimum Gasteiger partial charge on any atom is -0.394 e. The molecule has 1 aliphatic rings. The highest BCUT2D eigenvalue weighted by Crippen LogP contribution is 2.30. The van der Waals surface area contributed by atoms with Crippen LogP contribution in [0.15, 0.2) is 15.8 Å². The van der Waals surface area contributed by atoms with Gasteiger partial charge in [-0.2, -0.15) is 4.94 Å². The number of aromatic nitrogens is 2. The molecule has 0 radical (unpaired) electrons. The molecule has 0 aromatic carbocycles. The summed E-state index contributed by atoms with van der Waals surface area (Å²) in [5, 5.41) is 18.8. The number of aryl methyl sites for hydroxylation is 1. The molecule has 1 aromatic rings. The highest BCUT2D eigenvalue weighted by Gasteiger charge is 2.46. The van der Waals surface area contributed by atoms with Crippen molar-refractivity contribution >= 4 is 0 Å². The second-order valence-corrected chi connectivity index (χ2v) is 4.27. The van der Waals surface area contributed by atoms with Crippen LogP contribution in [0.3, 0.4) is 0 Å². The third-order valence-electron chi connectivity index (χ3n) is 3.01. The van der Waals surface area contributed by atoms with E-state index in [1.165, 1.54) is 13.1 Å². The van der Waals surface area contributed by atoms with Crippen molar-refractivity contribution in [3.8, 4) is 0 Å². The first-order valence-electron chi connectivity index (χ1n) is 5.53. The summed E-state index contributed by atoms with van der Waals surface area (Å²) in [5.74, 6) is 0. The van der Waals surface area contributed by atoms with Crippen LogP contribution in [-0.2, 0) is 9.68 Å². The molecule has 106 valence electrons. The lowest BCUT2D eigenvalue weighted by Crippen LogP contribution is -2.38. The van der Waals surface area contributed by atoms with E-state index in [0.29, 0.717) is 0 Å². The highest BCUT2D eigenvalue weighted by molar-refractivity contribution is 5.03. The Labute approximate surface area is 105 Å². The monoisotopic (exact) mass is 276 g/mol. The van der Waals surface area contributed by atoms with Gasteiger partial charge in [-0.1, -0.05) is 0 Å². The smallest absolute Gasteiger partial charge is 0.330 e. The lowest BCUT2D eigenvalue weighted by atomic mass is 10.1. The van der Waals surface area contributed by atoms with Gasteiger partial charge in [0, 0.05) is 11.8 Å². The number of rotatable bonds is 3. The Morgan fingerprint density at radius 3 is 2.79 bits per heavy atom. The average Bonchev–Trinajstić information content (AvgIpc) is 2.70. The molecule has 1 saturated heterocycles. The van der Waals surface area contributed by atoms with Crippen molar-refractivity contribution in [1.29, 1.82) is 0 Å². The van der Waals surface area contributed by atoms with Crippen LogP contribution in [0.2, 0.25) is 0 Å². The molecule has 0 aliphatic carbocycles. The van der Waals surface area contributed by atoms with Gasteiger partial charge in [0.15, 0.2) is 12.3 Å². The van der Waals surface area contributed by atoms with Crippen LogP contribution in [0.1, 0.15) is 11.8 Å². The van der Waals surface area contributed by atoms with E-state index < -0.39 is 42.4 Å². The zero-order valence-electron chi connectivity index (χ0n) is 9.95. The number of ether oxygens (including phenoxy) is 1. The SMILES string of the molecule is Cc1cn([C@@H]2O[C@H](CO)C(OF)C2O)c(=O)[nH]c1=O. The Morgan fingerprint density at radius 1 is 1.58 bits per heavy atom. The van der Waals surface area contributed by atoms with Gasteiger partial charge < -0.3 is 14.9 Å². The Balaban J connectivity index is 2.41. The second-order valence-electron chi connectivity index (χ2n) is 4.27. The summed E-state index contributed by atoms with van der Waals surface area (Å²) >= 11 is 0. The predicted octanol–water partition coefficient (Wildman–Crippen LogP) is -1.63. The normalized spacial score (nSPS) is 30.7. The first-order chi connectivity index (χ1) is 8.99. The van der Waals surface area contributed by atoms with Crippen LogP contribution in [0, 0.1) is 6.92 Å². The number of aliphatic hydroxyl groups is 2. The number of H-pyrrole nitrogens is 1. The first kappa shape index (κ1) is 13.9. The van der Waals surface area contributed by atoms with Crippen molar-refractivity contribution in [2.75, 3.05) is 6.61 Å². The van der Waals surface area contributed by atoms with Crippen LogP contribution in [0.4, 0.5) is 4.53 Å². The summed E-state index contributed by atoms with van der Waals surface area (Å²) < 4.78 is 18.4. The topological polar surface area (TPSA) is 114 Å². The van der Waals surface area contributed by atoms with Gasteiger partial charge in [0.1, 0.15) is 12.2 Å². The molecule has 2 rings (SSSR count). The maximum atomic E-state index is 12.3. The van der Waals surface area contributed by atoms with E-state index in [1.54, 1.807) is 0 Å². The largest absolute Gasteiger partial charge is 0.394 e. The molecular weight excluding hydrogens is 263 g/mol. The van der Waals surface area contributed by atoms with Gasteiger partial charge in [-0.25, -0.2) is 4.79 Å². The van der Waals surface area contributed by atoms with Crippen molar-refractivity contribution in [1.82, 2.24) is 9.55 Å². The standard InChI is InChI=1S/C10H13FN2O6/c1-4-2-13(10(17)12-8(4)16)9-6(15)7(19-11)5(3-14)18-9/h2,5-7,9,14-15H,3H2,1H3,(H,12,16,17)/t5-,6?,7?,9-/m1/s1. The molecule has 8 nitrogen and oxygen atoms in total. The lowest BCUT2D eigenvalue weighted by molar-refractivity contribution is -0.214. The minimum atomic E-state index is -1.50. The summed E-state index contributed by atoms with van der Waals surface area (Å²) in [7, 11) is 0. The molecule has 1 aliphatic heterocycles. The van der Waals surface area contributed by atoms with E-state index in [4.69, 9.17) is 9.84 Å². The molecule has 0 amide bonds. The number of halogens is 1. The van der Waals surface area contributed by atoms with E-state index in [1.807, 2.05) is 4.98 Å². The van der Waals surface area contributed by atoms with E-state index in [9.17, 15) is 19.2 Å². The number of nitrogens with zero attached hydrogens (tertiary/aromatic N) is 1. The van der Waals surface area contributed by atoms with Gasteiger partial charge in [-0.05, 0) is 11.4 Å². The minimum absolute atomic E-state index is 0.223. The molecule has 2 heterocycles. The number of hydrogen-bond donors (Lipinski definition) is 3. The van der Waals surface area contributed by atoms with Crippen LogP contribution >= 0.6 is 0 Å². The van der Waals surface area contributed by atoms with Crippen molar-refractivity contribution in [2.45, 2.75) is 31.5 Å². The Hall–Kier alpha value is -1.55. The summed E-state index contributed by atoms with van der Waals surface area (Å²) in [6.07, 6.45) is -4.08. The fourth-order valence-electron chi connectivity index (χ4n) is 1.98. The third kappa shape index (κ3) is 2.32. The van der Waals surface area contributed by atoms with Crippen LogP contribution in [0.5, 0.6) is 0 Å². The number of aromatic amines is 1. The molecule has 3 N–H and O–H groups in total. The fourth-order valence-corrected chi connectivity index (χ4v) is 1.98. The van der Waals surface area contributed by atoms with Crippen LogP contribution in [-0.4, -0.2) is 44.7 Å². The Morgan fingerprint density at radius 2 is 2.26 bits per heavy atom. The third-order valence-corrected chi connectivity index (χ3v) is 3.01. The molecule has 2 unspecified atom stereocenters. The maximum Gasteiger partial charge on any atom is 0.330 e. The molecular formula is C10H13FN2O6. The van der Waals surface area contributed by atoms with Crippen molar-refractivity contribution in [3.05, 3.63) is 32.6 Å². The van der Waals surface area contributed by atoms with Gasteiger partial charge >= 0.3 is 5.69 Å². The quantitative estimate of drug-likeness (QED) is 0.610. The predicted molar refractivity (Wildman–Crippen MR) is 59.0 cm³/mol. The molecule has 9 heteroatoms. The first-order valence-corrected chi connectivity index (χ1v) is 5.53. The van der Waals surface area contributed by atoms with Gasteiger partial charge in [0.05, 0.1) is 6.61 Å². The molecule has 0 bridgehead atoms. The molecule has 1 aromatic heterocycles. The number of hydrogen-bond acceptors (Lipinski definition) is 6. The Bertz CT molecular complexity index is 570. The molecule has 0 spiro atoms. The zero-order valence-corrected chi connectivity index (χ0v) is 9.95. The summed E-state index contributed by atoms with van der Waals surface area (Å²) in [6, 6.07) is 0. The maximum absolute atomic E-state index is 12.3. The second kappa shape index (κ2) is 5.21.